The maximum Gasteiger partial charge on any atom is 0.418 e. The maximum absolute atomic E-state index is 12.8. The van der Waals surface area contributed by atoms with Crippen LogP contribution in [0.15, 0.2) is 6.07 Å². The minimum absolute atomic E-state index is 0.0996. The van der Waals surface area contributed by atoms with Crippen LogP contribution in [0.3, 0.4) is 0 Å². The van der Waals surface area contributed by atoms with Crippen LogP contribution in [0.2, 0.25) is 0 Å². The Bertz CT molecular complexity index is 498. The highest BCUT2D eigenvalue weighted by atomic mass is 19.4. The number of anilines is 1. The Labute approximate surface area is 100 Å². The first-order valence-corrected chi connectivity index (χ1v) is 5.29. The molecule has 1 N–H and O–H groups in total. The van der Waals surface area contributed by atoms with Crippen molar-refractivity contribution in [3.63, 3.8) is 0 Å². The number of nitrogens with zero attached hydrogens (tertiary/aromatic N) is 2. The maximum atomic E-state index is 12.8. The van der Waals surface area contributed by atoms with E-state index >= 15 is 0 Å². The van der Waals surface area contributed by atoms with Gasteiger partial charge in [0.2, 0.25) is 5.82 Å². The first-order valence-electron chi connectivity index (χ1n) is 5.29. The normalized spacial score (nSPS) is 15.6. The molecule has 0 bridgehead atoms. The number of rotatable bonds is 3. The van der Waals surface area contributed by atoms with Crippen molar-refractivity contribution in [3.05, 3.63) is 27.4 Å². The van der Waals surface area contributed by atoms with Crippen LogP contribution in [0.5, 0.6) is 0 Å². The van der Waals surface area contributed by atoms with Gasteiger partial charge in [-0.1, -0.05) is 0 Å². The number of nitrogens with one attached hydrogen (secondary N) is 1. The van der Waals surface area contributed by atoms with Gasteiger partial charge in [-0.2, -0.15) is 13.2 Å². The summed E-state index contributed by atoms with van der Waals surface area (Å²) in [6.07, 6.45) is -3.35. The Kier molecular flexibility index (Phi) is 2.88. The molecule has 0 unspecified atom stereocenters. The minimum Gasteiger partial charge on any atom is -0.367 e. The summed E-state index contributed by atoms with van der Waals surface area (Å²) in [5.41, 5.74) is -1.76. The van der Waals surface area contributed by atoms with E-state index < -0.39 is 22.4 Å². The number of hydrogen-bond acceptors (Lipinski definition) is 4. The van der Waals surface area contributed by atoms with Crippen molar-refractivity contribution in [2.75, 3.05) is 12.4 Å². The number of alkyl halides is 3. The SMILES string of the molecule is CNc1nc(C2CC2)c(C(F)(F)F)cc1[N+](=O)[O-]. The van der Waals surface area contributed by atoms with Crippen molar-refractivity contribution < 1.29 is 18.1 Å². The van der Waals surface area contributed by atoms with Crippen LogP contribution in [0, 0.1) is 10.1 Å². The summed E-state index contributed by atoms with van der Waals surface area (Å²) in [6.45, 7) is 0. The number of nitro groups is 1. The summed E-state index contributed by atoms with van der Waals surface area (Å²) < 4.78 is 38.5. The Morgan fingerprint density at radius 1 is 1.50 bits per heavy atom. The highest BCUT2D eigenvalue weighted by Gasteiger charge is 2.41. The summed E-state index contributed by atoms with van der Waals surface area (Å²) in [5, 5.41) is 13.2. The first kappa shape index (κ1) is 12.6. The fourth-order valence-electron chi connectivity index (χ4n) is 1.74. The van der Waals surface area contributed by atoms with E-state index in [4.69, 9.17) is 0 Å². The predicted octanol–water partition coefficient (Wildman–Crippen LogP) is 2.93. The molecule has 1 saturated carbocycles. The van der Waals surface area contributed by atoms with E-state index in [2.05, 4.69) is 10.3 Å². The molecule has 0 atom stereocenters. The zero-order valence-electron chi connectivity index (χ0n) is 9.41. The molecule has 1 heterocycles. The fraction of sp³-hybridized carbons (Fsp3) is 0.500. The summed E-state index contributed by atoms with van der Waals surface area (Å²) in [6, 6.07) is 0.562. The summed E-state index contributed by atoms with van der Waals surface area (Å²) in [5.74, 6) is -0.371. The Morgan fingerprint density at radius 3 is 2.50 bits per heavy atom. The second-order valence-electron chi connectivity index (χ2n) is 4.07. The third-order valence-corrected chi connectivity index (χ3v) is 2.73. The molecule has 1 aromatic rings. The molecule has 0 aromatic carbocycles. The summed E-state index contributed by atoms with van der Waals surface area (Å²) >= 11 is 0. The number of hydrogen-bond donors (Lipinski definition) is 1. The Balaban J connectivity index is 2.62. The minimum atomic E-state index is -4.62. The highest BCUT2D eigenvalue weighted by molar-refractivity contribution is 5.59. The molecule has 0 aliphatic heterocycles. The van der Waals surface area contributed by atoms with Crippen LogP contribution in [-0.2, 0) is 6.18 Å². The van der Waals surface area contributed by atoms with Crippen molar-refractivity contribution >= 4 is 11.5 Å². The van der Waals surface area contributed by atoms with Gasteiger partial charge in [-0.3, -0.25) is 10.1 Å². The van der Waals surface area contributed by atoms with Crippen molar-refractivity contribution in [3.8, 4) is 0 Å². The van der Waals surface area contributed by atoms with Crippen molar-refractivity contribution in [1.29, 1.82) is 0 Å². The van der Waals surface area contributed by atoms with Gasteiger partial charge >= 0.3 is 11.9 Å². The molecule has 2 rings (SSSR count). The van der Waals surface area contributed by atoms with E-state index in [0.29, 0.717) is 18.9 Å². The molecule has 98 valence electrons. The molecule has 1 aliphatic rings. The van der Waals surface area contributed by atoms with Gasteiger partial charge in [-0.15, -0.1) is 0 Å². The molecule has 1 fully saturated rings. The lowest BCUT2D eigenvalue weighted by atomic mass is 10.1. The van der Waals surface area contributed by atoms with Crippen molar-refractivity contribution in [2.45, 2.75) is 24.9 Å². The molecule has 5 nitrogen and oxygen atoms in total. The molecular weight excluding hydrogens is 251 g/mol. The van der Waals surface area contributed by atoms with Gasteiger partial charge in [-0.25, -0.2) is 4.98 Å². The van der Waals surface area contributed by atoms with Crippen LogP contribution < -0.4 is 5.32 Å². The Hall–Kier alpha value is -1.86. The summed E-state index contributed by atoms with van der Waals surface area (Å²) in [7, 11) is 1.39. The first-order chi connectivity index (χ1) is 8.34. The lowest BCUT2D eigenvalue weighted by Crippen LogP contribution is -2.13. The van der Waals surface area contributed by atoms with Gasteiger partial charge in [0.25, 0.3) is 0 Å². The van der Waals surface area contributed by atoms with Gasteiger partial charge in [0, 0.05) is 19.0 Å². The molecule has 0 radical (unpaired) electrons. The zero-order valence-corrected chi connectivity index (χ0v) is 9.41. The third-order valence-electron chi connectivity index (χ3n) is 2.73. The molecule has 18 heavy (non-hydrogen) atoms. The van der Waals surface area contributed by atoms with E-state index in [1.807, 2.05) is 0 Å². The van der Waals surface area contributed by atoms with Gasteiger partial charge in [-0.05, 0) is 12.8 Å². The van der Waals surface area contributed by atoms with E-state index in [-0.39, 0.29) is 17.4 Å². The lowest BCUT2D eigenvalue weighted by Gasteiger charge is -2.13. The molecule has 0 saturated heterocycles. The number of halogens is 3. The van der Waals surface area contributed by atoms with E-state index in [1.165, 1.54) is 7.05 Å². The largest absolute Gasteiger partial charge is 0.418 e. The fourth-order valence-corrected chi connectivity index (χ4v) is 1.74. The average Bonchev–Trinajstić information content (AvgIpc) is 3.09. The second kappa shape index (κ2) is 4.11. The van der Waals surface area contributed by atoms with Crippen LogP contribution in [0.4, 0.5) is 24.7 Å². The predicted molar refractivity (Wildman–Crippen MR) is 57.4 cm³/mol. The molecule has 8 heteroatoms. The van der Waals surface area contributed by atoms with Crippen molar-refractivity contribution in [2.24, 2.45) is 0 Å². The molecular formula is C10H10F3N3O2. The number of aromatic nitrogens is 1. The molecule has 1 aliphatic carbocycles. The van der Waals surface area contributed by atoms with Crippen LogP contribution in [0.1, 0.15) is 30.0 Å². The van der Waals surface area contributed by atoms with Crippen LogP contribution in [0.25, 0.3) is 0 Å². The van der Waals surface area contributed by atoms with Crippen LogP contribution in [-0.4, -0.2) is 17.0 Å². The van der Waals surface area contributed by atoms with E-state index in [0.717, 1.165) is 0 Å². The average molecular weight is 261 g/mol. The van der Waals surface area contributed by atoms with Gasteiger partial charge in [0.05, 0.1) is 16.2 Å². The third kappa shape index (κ3) is 2.22. The van der Waals surface area contributed by atoms with E-state index in [1.54, 1.807) is 0 Å². The molecule has 0 amide bonds. The lowest BCUT2D eigenvalue weighted by molar-refractivity contribution is -0.384. The van der Waals surface area contributed by atoms with Gasteiger partial charge in [0.1, 0.15) is 0 Å². The smallest absolute Gasteiger partial charge is 0.367 e. The second-order valence-corrected chi connectivity index (χ2v) is 4.07. The zero-order chi connectivity index (χ0) is 13.5. The molecule has 1 aromatic heterocycles. The van der Waals surface area contributed by atoms with E-state index in [9.17, 15) is 23.3 Å². The topological polar surface area (TPSA) is 68.1 Å². The van der Waals surface area contributed by atoms with Gasteiger partial charge < -0.3 is 5.32 Å². The Morgan fingerprint density at radius 2 is 2.11 bits per heavy atom. The molecule has 0 spiro atoms. The van der Waals surface area contributed by atoms with Crippen molar-refractivity contribution in [1.82, 2.24) is 4.98 Å². The monoisotopic (exact) mass is 261 g/mol. The quantitative estimate of drug-likeness (QED) is 0.671. The van der Waals surface area contributed by atoms with Crippen LogP contribution >= 0.6 is 0 Å². The number of pyridine rings is 1. The highest BCUT2D eigenvalue weighted by Crippen LogP contribution is 2.46. The summed E-state index contributed by atoms with van der Waals surface area (Å²) in [4.78, 5) is 13.6. The van der Waals surface area contributed by atoms with Gasteiger partial charge in [0.15, 0.2) is 0 Å². The standard InChI is InChI=1S/C10H10F3N3O2/c1-14-9-7(16(17)18)4-6(10(11,12)13)8(15-9)5-2-3-5/h4-5H,2-3H2,1H3,(H,14,15).